The van der Waals surface area contributed by atoms with Gasteiger partial charge < -0.3 is 4.90 Å². The number of fused-ring (bicyclic) bond motifs is 1. The summed E-state index contributed by atoms with van der Waals surface area (Å²) in [5, 5.41) is 1.03. The van der Waals surface area contributed by atoms with Crippen LogP contribution in [0.3, 0.4) is 0 Å². The van der Waals surface area contributed by atoms with Crippen LogP contribution in [0.4, 0.5) is 0 Å². The van der Waals surface area contributed by atoms with Gasteiger partial charge >= 0.3 is 0 Å². The lowest BCUT2D eigenvalue weighted by Crippen LogP contribution is -2.38. The number of piperidine rings is 1. The van der Waals surface area contributed by atoms with Crippen LogP contribution in [0.2, 0.25) is 0 Å². The minimum atomic E-state index is 0.0765. The van der Waals surface area contributed by atoms with E-state index in [0.717, 1.165) is 53.8 Å². The molecule has 5 heterocycles. The van der Waals surface area contributed by atoms with Crippen molar-refractivity contribution in [3.63, 3.8) is 0 Å². The SMILES string of the molecule is O=C(c1ccncc1)N1CCC(c2ccc3cc(-c4ccncc4)cnc3n2)CC1. The van der Waals surface area contributed by atoms with Gasteiger partial charge in [0.1, 0.15) is 0 Å². The maximum Gasteiger partial charge on any atom is 0.253 e. The van der Waals surface area contributed by atoms with Crippen LogP contribution in [0.5, 0.6) is 0 Å². The minimum absolute atomic E-state index is 0.0765. The Balaban J connectivity index is 1.30. The molecule has 6 nitrogen and oxygen atoms in total. The second-order valence-corrected chi connectivity index (χ2v) is 7.55. The summed E-state index contributed by atoms with van der Waals surface area (Å²) in [5.74, 6) is 0.421. The van der Waals surface area contributed by atoms with Gasteiger partial charge in [-0.3, -0.25) is 14.8 Å². The molecule has 5 rings (SSSR count). The molecule has 0 bridgehead atoms. The van der Waals surface area contributed by atoms with E-state index < -0.39 is 0 Å². The molecule has 0 N–H and O–H groups in total. The quantitative estimate of drug-likeness (QED) is 0.522. The van der Waals surface area contributed by atoms with E-state index in [9.17, 15) is 4.79 Å². The number of hydrogen-bond donors (Lipinski definition) is 0. The summed E-state index contributed by atoms with van der Waals surface area (Å²) in [6, 6.07) is 13.8. The van der Waals surface area contributed by atoms with Crippen molar-refractivity contribution in [2.45, 2.75) is 18.8 Å². The van der Waals surface area contributed by atoms with Gasteiger partial charge in [0.2, 0.25) is 0 Å². The average molecular weight is 395 g/mol. The summed E-state index contributed by atoms with van der Waals surface area (Å²) >= 11 is 0. The molecular formula is C24H21N5O. The lowest BCUT2D eigenvalue weighted by atomic mass is 9.92. The highest BCUT2D eigenvalue weighted by Crippen LogP contribution is 2.29. The molecule has 0 saturated carbocycles. The number of hydrogen-bond acceptors (Lipinski definition) is 5. The highest BCUT2D eigenvalue weighted by Gasteiger charge is 2.25. The fourth-order valence-corrected chi connectivity index (χ4v) is 4.01. The second kappa shape index (κ2) is 7.99. The molecule has 0 atom stereocenters. The van der Waals surface area contributed by atoms with E-state index in [0.29, 0.717) is 11.5 Å². The molecule has 1 aliphatic rings. The van der Waals surface area contributed by atoms with Gasteiger partial charge in [-0.25, -0.2) is 9.97 Å². The Bertz CT molecular complexity index is 1170. The smallest absolute Gasteiger partial charge is 0.253 e. The summed E-state index contributed by atoms with van der Waals surface area (Å²) in [5.41, 5.74) is 4.67. The summed E-state index contributed by atoms with van der Waals surface area (Å²) in [6.45, 7) is 1.47. The van der Waals surface area contributed by atoms with Crippen molar-refractivity contribution >= 4 is 16.9 Å². The van der Waals surface area contributed by atoms with Crippen molar-refractivity contribution in [3.05, 3.63) is 84.7 Å². The highest BCUT2D eigenvalue weighted by atomic mass is 16.2. The number of amides is 1. The van der Waals surface area contributed by atoms with Crippen molar-refractivity contribution < 1.29 is 4.79 Å². The van der Waals surface area contributed by atoms with Crippen LogP contribution in [0.1, 0.15) is 34.8 Å². The first-order valence-electron chi connectivity index (χ1n) is 10.1. The number of pyridine rings is 4. The maximum atomic E-state index is 12.6. The zero-order valence-corrected chi connectivity index (χ0v) is 16.5. The summed E-state index contributed by atoms with van der Waals surface area (Å²) in [4.78, 5) is 32.0. The normalized spacial score (nSPS) is 14.7. The molecule has 0 spiro atoms. The van der Waals surface area contributed by atoms with Crippen LogP contribution in [-0.2, 0) is 0 Å². The van der Waals surface area contributed by atoms with Gasteiger partial charge in [-0.2, -0.15) is 0 Å². The molecule has 148 valence electrons. The number of nitrogens with zero attached hydrogens (tertiary/aromatic N) is 5. The number of carbonyl (C=O) groups is 1. The molecule has 6 heteroatoms. The van der Waals surface area contributed by atoms with Crippen LogP contribution in [0.15, 0.2) is 73.4 Å². The lowest BCUT2D eigenvalue weighted by molar-refractivity contribution is 0.0712. The third-order valence-corrected chi connectivity index (χ3v) is 5.71. The molecular weight excluding hydrogens is 374 g/mol. The van der Waals surface area contributed by atoms with Gasteiger partial charge in [-0.1, -0.05) is 0 Å². The molecule has 1 fully saturated rings. The first kappa shape index (κ1) is 18.4. The Kier molecular flexibility index (Phi) is 4.89. The van der Waals surface area contributed by atoms with Crippen LogP contribution >= 0.6 is 0 Å². The van der Waals surface area contributed by atoms with Crippen LogP contribution < -0.4 is 0 Å². The van der Waals surface area contributed by atoms with E-state index in [-0.39, 0.29) is 5.91 Å². The molecule has 1 amide bonds. The largest absolute Gasteiger partial charge is 0.339 e. The maximum absolute atomic E-state index is 12.6. The van der Waals surface area contributed by atoms with Crippen LogP contribution in [-0.4, -0.2) is 43.8 Å². The molecule has 0 aliphatic carbocycles. The summed E-state index contributed by atoms with van der Waals surface area (Å²) in [6.07, 6.45) is 10.6. The van der Waals surface area contributed by atoms with Gasteiger partial charge in [-0.15, -0.1) is 0 Å². The van der Waals surface area contributed by atoms with Gasteiger partial charge in [0.25, 0.3) is 5.91 Å². The van der Waals surface area contributed by atoms with E-state index in [2.05, 4.69) is 33.2 Å². The lowest BCUT2D eigenvalue weighted by Gasteiger charge is -2.31. The van der Waals surface area contributed by atoms with Gasteiger partial charge in [-0.05, 0) is 60.9 Å². The highest BCUT2D eigenvalue weighted by molar-refractivity contribution is 5.94. The van der Waals surface area contributed by atoms with Crippen molar-refractivity contribution in [3.8, 4) is 11.1 Å². The number of rotatable bonds is 3. The second-order valence-electron chi connectivity index (χ2n) is 7.55. The Morgan fingerprint density at radius 3 is 2.30 bits per heavy atom. The molecule has 30 heavy (non-hydrogen) atoms. The monoisotopic (exact) mass is 395 g/mol. The fourth-order valence-electron chi connectivity index (χ4n) is 4.01. The Hall–Kier alpha value is -3.67. The average Bonchev–Trinajstić information content (AvgIpc) is 2.84. The zero-order chi connectivity index (χ0) is 20.3. The standard InChI is InChI=1S/C24H21N5O/c30-24(19-5-11-26-12-6-19)29-13-7-18(8-14-29)22-2-1-20-15-21(16-27-23(20)28-22)17-3-9-25-10-4-17/h1-6,9-12,15-16,18H,7-8,13-14H2. The predicted molar refractivity (Wildman–Crippen MR) is 115 cm³/mol. The van der Waals surface area contributed by atoms with Crippen molar-refractivity contribution in [1.82, 2.24) is 24.8 Å². The summed E-state index contributed by atoms with van der Waals surface area (Å²) in [7, 11) is 0. The molecule has 0 aromatic carbocycles. The summed E-state index contributed by atoms with van der Waals surface area (Å²) < 4.78 is 0. The van der Waals surface area contributed by atoms with E-state index in [1.807, 2.05) is 23.2 Å². The van der Waals surface area contributed by atoms with Gasteiger partial charge in [0, 0.05) is 72.2 Å². The van der Waals surface area contributed by atoms with E-state index in [4.69, 9.17) is 4.98 Å². The predicted octanol–water partition coefficient (Wildman–Crippen LogP) is 4.11. The Morgan fingerprint density at radius 2 is 1.57 bits per heavy atom. The zero-order valence-electron chi connectivity index (χ0n) is 16.5. The molecule has 0 unspecified atom stereocenters. The first-order chi connectivity index (χ1) is 14.8. The molecule has 1 aliphatic heterocycles. The third kappa shape index (κ3) is 3.64. The minimum Gasteiger partial charge on any atom is -0.339 e. The Labute approximate surface area is 174 Å². The third-order valence-electron chi connectivity index (χ3n) is 5.71. The van der Waals surface area contributed by atoms with E-state index >= 15 is 0 Å². The van der Waals surface area contributed by atoms with E-state index in [1.54, 1.807) is 36.9 Å². The molecule has 0 radical (unpaired) electrons. The number of aromatic nitrogens is 4. The fraction of sp³-hybridized carbons (Fsp3) is 0.208. The Morgan fingerprint density at radius 1 is 0.867 bits per heavy atom. The van der Waals surface area contributed by atoms with Crippen LogP contribution in [0, 0.1) is 0 Å². The molecule has 4 aromatic heterocycles. The number of carbonyl (C=O) groups excluding carboxylic acids is 1. The van der Waals surface area contributed by atoms with Gasteiger partial charge in [0.15, 0.2) is 5.65 Å². The first-order valence-corrected chi connectivity index (χ1v) is 10.1. The topological polar surface area (TPSA) is 71.9 Å². The van der Waals surface area contributed by atoms with Crippen molar-refractivity contribution in [2.75, 3.05) is 13.1 Å². The van der Waals surface area contributed by atoms with E-state index in [1.165, 1.54) is 0 Å². The van der Waals surface area contributed by atoms with Crippen molar-refractivity contribution in [2.24, 2.45) is 0 Å². The molecule has 1 saturated heterocycles. The van der Waals surface area contributed by atoms with Crippen LogP contribution in [0.25, 0.3) is 22.2 Å². The van der Waals surface area contributed by atoms with Gasteiger partial charge in [0.05, 0.1) is 0 Å². The van der Waals surface area contributed by atoms with Crippen molar-refractivity contribution in [1.29, 1.82) is 0 Å². The number of likely N-dealkylation sites (tertiary alicyclic amines) is 1. The molecule has 4 aromatic rings.